The second-order valence-electron chi connectivity index (χ2n) is 11.6. The smallest absolute Gasteiger partial charge is 0.269 e. The Labute approximate surface area is 226 Å². The van der Waals surface area contributed by atoms with Gasteiger partial charge in [0.2, 0.25) is 5.91 Å². The SMILES string of the molecule is COc1ccc2c3c1O[C@H]1C(=O)CC[C@]4(NC(=O)/C=C/c5ccc([N+](=O)[O-])cc5)C(C2)N(CC2CC2)CC[C@]314. The minimum atomic E-state index is -0.666. The maximum atomic E-state index is 13.6. The van der Waals surface area contributed by atoms with Crippen LogP contribution in [0, 0.1) is 16.0 Å². The number of rotatable bonds is 7. The van der Waals surface area contributed by atoms with Crippen molar-refractivity contribution in [3.8, 4) is 11.5 Å². The van der Waals surface area contributed by atoms with Gasteiger partial charge in [-0.25, -0.2) is 0 Å². The van der Waals surface area contributed by atoms with Crippen LogP contribution in [0.25, 0.3) is 6.08 Å². The van der Waals surface area contributed by atoms with E-state index in [0.717, 1.165) is 31.5 Å². The third kappa shape index (κ3) is 3.48. The highest BCUT2D eigenvalue weighted by atomic mass is 16.6. The predicted molar refractivity (Wildman–Crippen MR) is 143 cm³/mol. The molecular formula is C30H31N3O6. The van der Waals surface area contributed by atoms with E-state index < -0.39 is 22.0 Å². The fourth-order valence-electron chi connectivity index (χ4n) is 7.85. The Morgan fingerprint density at radius 1 is 1.23 bits per heavy atom. The Hall–Kier alpha value is -3.72. The lowest BCUT2D eigenvalue weighted by Crippen LogP contribution is -2.81. The number of likely N-dealkylation sites (tertiary alicyclic amines) is 1. The normalized spacial score (nSPS) is 30.5. The van der Waals surface area contributed by atoms with E-state index in [0.29, 0.717) is 35.8 Å². The first-order chi connectivity index (χ1) is 18.9. The zero-order valence-corrected chi connectivity index (χ0v) is 21.9. The molecule has 9 nitrogen and oxygen atoms in total. The summed E-state index contributed by atoms with van der Waals surface area (Å²) in [6.07, 6.45) is 7.42. The van der Waals surface area contributed by atoms with Crippen molar-refractivity contribution in [3.05, 3.63) is 69.3 Å². The highest BCUT2D eigenvalue weighted by Crippen LogP contribution is 2.65. The Morgan fingerprint density at radius 2 is 2.03 bits per heavy atom. The topological polar surface area (TPSA) is 111 Å². The van der Waals surface area contributed by atoms with E-state index >= 15 is 0 Å². The number of piperidine rings is 1. The largest absolute Gasteiger partial charge is 0.493 e. The number of nitrogens with zero attached hydrogens (tertiary/aromatic N) is 2. The quantitative estimate of drug-likeness (QED) is 0.332. The van der Waals surface area contributed by atoms with Crippen molar-refractivity contribution in [3.63, 3.8) is 0 Å². The molecule has 2 saturated carbocycles. The molecule has 4 atom stereocenters. The summed E-state index contributed by atoms with van der Waals surface area (Å²) in [5.41, 5.74) is 1.61. The standard InChI is InChI=1S/C30H31N3O6/c1-38-23-10-7-20-16-24-30(31-25(35)11-6-18-4-8-21(9-5-18)33(36)37)13-12-22(34)28-29(30,26(20)27(23)39-28)14-15-32(24)17-19-2-3-19/h4-11,19,24,28H,2-3,12-17H2,1H3,(H,31,35)/b11-6+/t24?,28-,29-,30-/m0/s1. The van der Waals surface area contributed by atoms with Gasteiger partial charge in [0.1, 0.15) is 0 Å². The van der Waals surface area contributed by atoms with Crippen LogP contribution in [0.2, 0.25) is 0 Å². The van der Waals surface area contributed by atoms with Crippen molar-refractivity contribution < 1.29 is 24.0 Å². The molecule has 0 radical (unpaired) electrons. The number of ketones is 1. The molecule has 1 spiro atoms. The van der Waals surface area contributed by atoms with Crippen molar-refractivity contribution in [2.45, 2.75) is 61.6 Å². The average Bonchev–Trinajstić information content (AvgIpc) is 3.68. The third-order valence-electron chi connectivity index (χ3n) is 9.69. The van der Waals surface area contributed by atoms with E-state index in [9.17, 15) is 19.7 Å². The summed E-state index contributed by atoms with van der Waals surface area (Å²) < 4.78 is 12.2. The van der Waals surface area contributed by atoms with Crippen molar-refractivity contribution in [1.82, 2.24) is 10.2 Å². The van der Waals surface area contributed by atoms with Gasteiger partial charge in [0, 0.05) is 42.8 Å². The number of ether oxygens (including phenoxy) is 2. The number of hydrogen-bond donors (Lipinski definition) is 1. The number of Topliss-reactive ketones (excluding diaryl/α,β-unsaturated/α-hetero) is 1. The molecule has 2 aromatic rings. The zero-order chi connectivity index (χ0) is 26.9. The summed E-state index contributed by atoms with van der Waals surface area (Å²) in [7, 11) is 1.62. The second-order valence-corrected chi connectivity index (χ2v) is 11.6. The molecular weight excluding hydrogens is 498 g/mol. The van der Waals surface area contributed by atoms with Crippen LogP contribution >= 0.6 is 0 Å². The van der Waals surface area contributed by atoms with Crippen molar-refractivity contribution >= 4 is 23.5 Å². The van der Waals surface area contributed by atoms with Gasteiger partial charge in [0.15, 0.2) is 23.4 Å². The number of methoxy groups -OCH3 is 1. The molecule has 2 aliphatic heterocycles. The maximum Gasteiger partial charge on any atom is 0.269 e. The fourth-order valence-corrected chi connectivity index (χ4v) is 7.85. The van der Waals surface area contributed by atoms with Gasteiger partial charge in [-0.2, -0.15) is 0 Å². The number of benzene rings is 2. The Bertz CT molecular complexity index is 1420. The molecule has 202 valence electrons. The van der Waals surface area contributed by atoms with E-state index in [-0.39, 0.29) is 23.4 Å². The predicted octanol–water partition coefficient (Wildman–Crippen LogP) is 3.57. The van der Waals surface area contributed by atoms with Gasteiger partial charge in [0.05, 0.1) is 23.0 Å². The van der Waals surface area contributed by atoms with E-state index in [2.05, 4.69) is 16.3 Å². The van der Waals surface area contributed by atoms with Gasteiger partial charge in [-0.15, -0.1) is 0 Å². The summed E-state index contributed by atoms with van der Waals surface area (Å²) in [4.78, 5) is 40.2. The molecule has 3 fully saturated rings. The van der Waals surface area contributed by atoms with Gasteiger partial charge in [-0.3, -0.25) is 24.6 Å². The molecule has 3 aliphatic carbocycles. The molecule has 2 heterocycles. The highest BCUT2D eigenvalue weighted by Gasteiger charge is 2.73. The summed E-state index contributed by atoms with van der Waals surface area (Å²) >= 11 is 0. The first-order valence-corrected chi connectivity index (χ1v) is 13.7. The molecule has 5 aliphatic rings. The lowest BCUT2D eigenvalue weighted by Gasteiger charge is -2.65. The Morgan fingerprint density at radius 3 is 2.74 bits per heavy atom. The van der Waals surface area contributed by atoms with Gasteiger partial charge < -0.3 is 14.8 Å². The molecule has 1 N–H and O–H groups in total. The Kier molecular flexibility index (Phi) is 5.39. The van der Waals surface area contributed by atoms with Crippen molar-refractivity contribution in [2.75, 3.05) is 20.2 Å². The lowest BCUT2D eigenvalue weighted by molar-refractivity contribution is -0.384. The molecule has 7 rings (SSSR count). The number of non-ortho nitro benzene ring substituents is 1. The Balaban J connectivity index is 1.30. The maximum absolute atomic E-state index is 13.6. The van der Waals surface area contributed by atoms with Crippen LogP contribution in [0.4, 0.5) is 5.69 Å². The number of carbonyl (C=O) groups excluding carboxylic acids is 2. The first kappa shape index (κ1) is 24.3. The number of amides is 1. The first-order valence-electron chi connectivity index (χ1n) is 13.7. The molecule has 1 unspecified atom stereocenters. The van der Waals surface area contributed by atoms with Crippen LogP contribution in [0.3, 0.4) is 0 Å². The number of nitro benzene ring substituents is 1. The molecule has 9 heteroatoms. The molecule has 2 aromatic carbocycles. The van der Waals surface area contributed by atoms with E-state index in [1.54, 1.807) is 25.3 Å². The van der Waals surface area contributed by atoms with Gasteiger partial charge in [-0.05, 0) is 80.0 Å². The second kappa shape index (κ2) is 8.64. The van der Waals surface area contributed by atoms with Gasteiger partial charge in [0.25, 0.3) is 5.69 Å². The molecule has 2 bridgehead atoms. The number of nitro groups is 1. The average molecular weight is 530 g/mol. The molecule has 1 amide bonds. The number of hydrogen-bond acceptors (Lipinski definition) is 7. The summed E-state index contributed by atoms with van der Waals surface area (Å²) in [6.45, 7) is 1.87. The van der Waals surface area contributed by atoms with Crippen molar-refractivity contribution in [2.24, 2.45) is 5.92 Å². The molecule has 1 saturated heterocycles. The minimum absolute atomic E-state index is 0.00409. The number of carbonyl (C=O) groups is 2. The van der Waals surface area contributed by atoms with Gasteiger partial charge in [-0.1, -0.05) is 6.07 Å². The van der Waals surface area contributed by atoms with Crippen LogP contribution in [-0.4, -0.2) is 59.4 Å². The van der Waals surface area contributed by atoms with Gasteiger partial charge >= 0.3 is 0 Å². The third-order valence-corrected chi connectivity index (χ3v) is 9.69. The highest BCUT2D eigenvalue weighted by molar-refractivity contribution is 5.95. The molecule has 39 heavy (non-hydrogen) atoms. The van der Waals surface area contributed by atoms with E-state index in [1.807, 2.05) is 6.07 Å². The van der Waals surface area contributed by atoms with Crippen molar-refractivity contribution in [1.29, 1.82) is 0 Å². The van der Waals surface area contributed by atoms with Crippen LogP contribution < -0.4 is 14.8 Å². The monoisotopic (exact) mass is 529 g/mol. The van der Waals surface area contributed by atoms with Crippen LogP contribution in [0.5, 0.6) is 11.5 Å². The summed E-state index contributed by atoms with van der Waals surface area (Å²) in [5, 5.41) is 14.4. The summed E-state index contributed by atoms with van der Waals surface area (Å²) in [5.74, 6) is 1.83. The minimum Gasteiger partial charge on any atom is -0.493 e. The van der Waals surface area contributed by atoms with E-state index in [1.165, 1.54) is 36.6 Å². The zero-order valence-electron chi connectivity index (χ0n) is 21.9. The fraction of sp³-hybridized carbons (Fsp3) is 0.467. The van der Waals surface area contributed by atoms with Crippen LogP contribution in [0.15, 0.2) is 42.5 Å². The number of nitrogens with one attached hydrogen (secondary N) is 1. The molecule has 0 aromatic heterocycles. The van der Waals surface area contributed by atoms with Crippen LogP contribution in [-0.2, 0) is 21.4 Å². The van der Waals surface area contributed by atoms with Crippen LogP contribution in [0.1, 0.15) is 48.8 Å². The summed E-state index contributed by atoms with van der Waals surface area (Å²) in [6, 6.07) is 10.2. The van der Waals surface area contributed by atoms with E-state index in [4.69, 9.17) is 9.47 Å². The lowest BCUT2D eigenvalue weighted by atomic mass is 9.47.